The second kappa shape index (κ2) is 9.72. The number of halogens is 1. The Labute approximate surface area is 162 Å². The first-order valence-electron chi connectivity index (χ1n) is 10.3. The maximum Gasteiger partial charge on any atom is 0.303 e. The summed E-state index contributed by atoms with van der Waals surface area (Å²) in [5, 5.41) is 19.2. The molecule has 27 heavy (non-hydrogen) atoms. The topological polar surface area (TPSA) is 66.8 Å². The molecule has 5 heteroatoms. The van der Waals surface area contributed by atoms with Crippen molar-refractivity contribution >= 4 is 5.97 Å². The van der Waals surface area contributed by atoms with Crippen LogP contribution in [0.25, 0.3) is 0 Å². The highest BCUT2D eigenvalue weighted by Crippen LogP contribution is 2.47. The number of carboxylic acids is 1. The molecule has 2 N–H and O–H groups in total. The highest BCUT2D eigenvalue weighted by Gasteiger charge is 2.49. The first-order valence-corrected chi connectivity index (χ1v) is 10.3. The Morgan fingerprint density at radius 3 is 2.78 bits per heavy atom. The molecular formula is C22H35FO4. The standard InChI is InChI=1S/C22H35FO4/c1-4-5-14-22(2,3)18(24)13-11-15-10-12-16-20(15)21(23)17(27-16)8-6-7-9-19(25)26/h8,11,13,15-16,18,20-21,24H,4-7,9-10,12,14H2,1-3H3,(H,25,26)/b13-11+,17-8-/t15-,16+,18-,20-,21?/m1/s1. The molecule has 0 radical (unpaired) electrons. The zero-order chi connectivity index (χ0) is 20.0. The lowest BCUT2D eigenvalue weighted by atomic mass is 9.80. The summed E-state index contributed by atoms with van der Waals surface area (Å²) in [7, 11) is 0. The van der Waals surface area contributed by atoms with E-state index >= 15 is 0 Å². The molecule has 1 unspecified atom stereocenters. The third-order valence-electron chi connectivity index (χ3n) is 6.06. The Hall–Kier alpha value is -1.36. The van der Waals surface area contributed by atoms with Gasteiger partial charge in [0.05, 0.1) is 6.10 Å². The zero-order valence-corrected chi connectivity index (χ0v) is 16.9. The normalized spacial score (nSPS) is 30.6. The summed E-state index contributed by atoms with van der Waals surface area (Å²) < 4.78 is 20.7. The SMILES string of the molecule is CCCCC(C)(C)[C@H](O)/C=C/[C@H]1CC[C@@H]2O/C(=C\CCCC(=O)O)C(F)[C@@H]21. The van der Waals surface area contributed by atoms with Gasteiger partial charge in [0.25, 0.3) is 0 Å². The van der Waals surface area contributed by atoms with Crippen LogP contribution in [0.3, 0.4) is 0 Å². The molecule has 5 atom stereocenters. The number of aliphatic carboxylic acids is 1. The van der Waals surface area contributed by atoms with Gasteiger partial charge in [-0.3, -0.25) is 4.79 Å². The van der Waals surface area contributed by atoms with E-state index in [1.165, 1.54) is 0 Å². The van der Waals surface area contributed by atoms with Crippen molar-refractivity contribution < 1.29 is 24.1 Å². The van der Waals surface area contributed by atoms with Gasteiger partial charge in [-0.1, -0.05) is 45.8 Å². The van der Waals surface area contributed by atoms with Crippen LogP contribution in [0.1, 0.15) is 72.1 Å². The summed E-state index contributed by atoms with van der Waals surface area (Å²) in [5.74, 6) is -0.582. The number of carboxylic acid groups (broad SMARTS) is 1. The van der Waals surface area contributed by atoms with E-state index in [0.717, 1.165) is 32.1 Å². The molecule has 0 bridgehead atoms. The minimum Gasteiger partial charge on any atom is -0.492 e. The van der Waals surface area contributed by atoms with Gasteiger partial charge in [-0.25, -0.2) is 4.39 Å². The number of alkyl halides is 1. The number of aliphatic hydroxyl groups excluding tert-OH is 1. The van der Waals surface area contributed by atoms with Crippen LogP contribution in [0.2, 0.25) is 0 Å². The number of hydrogen-bond donors (Lipinski definition) is 2. The first-order chi connectivity index (χ1) is 12.8. The number of aliphatic hydroxyl groups is 1. The van der Waals surface area contributed by atoms with E-state index in [0.29, 0.717) is 18.6 Å². The zero-order valence-electron chi connectivity index (χ0n) is 16.9. The summed E-state index contributed by atoms with van der Waals surface area (Å²) in [6, 6.07) is 0. The predicted octanol–water partition coefficient (Wildman–Crippen LogP) is 5.02. The lowest BCUT2D eigenvalue weighted by Crippen LogP contribution is -2.28. The van der Waals surface area contributed by atoms with Crippen LogP contribution in [0.4, 0.5) is 4.39 Å². The summed E-state index contributed by atoms with van der Waals surface area (Å²) in [6.45, 7) is 6.29. The molecule has 1 saturated carbocycles. The van der Waals surface area contributed by atoms with E-state index in [-0.39, 0.29) is 29.8 Å². The molecule has 1 heterocycles. The number of carbonyl (C=O) groups is 1. The van der Waals surface area contributed by atoms with Gasteiger partial charge in [-0.2, -0.15) is 0 Å². The van der Waals surface area contributed by atoms with Crippen LogP contribution in [-0.4, -0.2) is 34.6 Å². The lowest BCUT2D eigenvalue weighted by molar-refractivity contribution is -0.137. The van der Waals surface area contributed by atoms with Crippen LogP contribution >= 0.6 is 0 Å². The maximum atomic E-state index is 14.9. The predicted molar refractivity (Wildman–Crippen MR) is 104 cm³/mol. The van der Waals surface area contributed by atoms with E-state index in [1.54, 1.807) is 6.08 Å². The number of hydrogen-bond acceptors (Lipinski definition) is 3. The highest BCUT2D eigenvalue weighted by atomic mass is 19.1. The minimum atomic E-state index is -1.14. The Balaban J connectivity index is 1.93. The molecule has 1 aliphatic heterocycles. The van der Waals surface area contributed by atoms with Crippen molar-refractivity contribution in [1.82, 2.24) is 0 Å². The van der Waals surface area contributed by atoms with Gasteiger partial charge < -0.3 is 14.9 Å². The molecule has 0 aromatic heterocycles. The molecule has 0 aromatic carbocycles. The van der Waals surface area contributed by atoms with E-state index in [9.17, 15) is 14.3 Å². The summed E-state index contributed by atoms with van der Waals surface area (Å²) in [6.07, 6.45) is 9.74. The van der Waals surface area contributed by atoms with Gasteiger partial charge in [-0.05, 0) is 49.5 Å². The molecular weight excluding hydrogens is 347 g/mol. The number of allylic oxidation sites excluding steroid dienone is 3. The monoisotopic (exact) mass is 382 g/mol. The fourth-order valence-corrected chi connectivity index (χ4v) is 4.16. The van der Waals surface area contributed by atoms with Crippen molar-refractivity contribution in [2.75, 3.05) is 0 Å². The average molecular weight is 383 g/mol. The molecule has 4 nitrogen and oxygen atoms in total. The second-order valence-corrected chi connectivity index (χ2v) is 8.69. The minimum absolute atomic E-state index is 0.0755. The summed E-state index contributed by atoms with van der Waals surface area (Å²) in [5.41, 5.74) is -0.180. The number of ether oxygens (including phenoxy) is 1. The van der Waals surface area contributed by atoms with Crippen molar-refractivity contribution in [3.8, 4) is 0 Å². The number of fused-ring (bicyclic) bond motifs is 1. The van der Waals surface area contributed by atoms with Crippen molar-refractivity contribution in [1.29, 1.82) is 0 Å². The van der Waals surface area contributed by atoms with Crippen molar-refractivity contribution in [3.63, 3.8) is 0 Å². The molecule has 2 aliphatic rings. The van der Waals surface area contributed by atoms with Gasteiger partial charge in [0.15, 0.2) is 6.17 Å². The third-order valence-corrected chi connectivity index (χ3v) is 6.06. The number of rotatable bonds is 10. The van der Waals surface area contributed by atoms with Crippen LogP contribution in [0.15, 0.2) is 24.0 Å². The third kappa shape index (κ3) is 5.81. The smallest absolute Gasteiger partial charge is 0.303 e. The molecule has 0 aromatic rings. The molecule has 0 amide bonds. The van der Waals surface area contributed by atoms with Crippen LogP contribution in [-0.2, 0) is 9.53 Å². The van der Waals surface area contributed by atoms with Gasteiger partial charge >= 0.3 is 5.97 Å². The largest absolute Gasteiger partial charge is 0.492 e. The Morgan fingerprint density at radius 1 is 1.37 bits per heavy atom. The van der Waals surface area contributed by atoms with Gasteiger partial charge in [-0.15, -0.1) is 0 Å². The Kier molecular flexibility index (Phi) is 7.90. The van der Waals surface area contributed by atoms with Crippen molar-refractivity contribution in [2.45, 2.75) is 90.5 Å². The van der Waals surface area contributed by atoms with E-state index in [2.05, 4.69) is 20.8 Å². The molecule has 154 valence electrons. The van der Waals surface area contributed by atoms with Gasteiger partial charge in [0, 0.05) is 12.3 Å². The molecule has 0 spiro atoms. The maximum absolute atomic E-state index is 14.9. The van der Waals surface area contributed by atoms with Crippen LogP contribution in [0, 0.1) is 17.3 Å². The summed E-state index contributed by atoms with van der Waals surface area (Å²) in [4.78, 5) is 10.6. The second-order valence-electron chi connectivity index (χ2n) is 8.69. The fourth-order valence-electron chi connectivity index (χ4n) is 4.16. The Morgan fingerprint density at radius 2 is 2.11 bits per heavy atom. The van der Waals surface area contributed by atoms with E-state index < -0.39 is 18.2 Å². The highest BCUT2D eigenvalue weighted by molar-refractivity contribution is 5.66. The summed E-state index contributed by atoms with van der Waals surface area (Å²) >= 11 is 0. The van der Waals surface area contributed by atoms with Crippen LogP contribution < -0.4 is 0 Å². The van der Waals surface area contributed by atoms with E-state index in [1.807, 2.05) is 12.2 Å². The number of unbranched alkanes of at least 4 members (excludes halogenated alkanes) is 2. The fraction of sp³-hybridized carbons (Fsp3) is 0.773. The van der Waals surface area contributed by atoms with Gasteiger partial charge in [0.2, 0.25) is 0 Å². The van der Waals surface area contributed by atoms with Crippen molar-refractivity contribution in [2.24, 2.45) is 17.3 Å². The molecule has 1 aliphatic carbocycles. The molecule has 2 rings (SSSR count). The average Bonchev–Trinajstić information content (AvgIpc) is 3.15. The quantitative estimate of drug-likeness (QED) is 0.411. The van der Waals surface area contributed by atoms with Crippen molar-refractivity contribution in [3.05, 3.63) is 24.0 Å². The molecule has 2 fully saturated rings. The molecule has 1 saturated heterocycles. The van der Waals surface area contributed by atoms with Gasteiger partial charge in [0.1, 0.15) is 11.9 Å². The van der Waals surface area contributed by atoms with E-state index in [4.69, 9.17) is 9.84 Å². The van der Waals surface area contributed by atoms with Crippen LogP contribution in [0.5, 0.6) is 0 Å². The first kappa shape index (κ1) is 21.9. The Bertz CT molecular complexity index is 555. The lowest BCUT2D eigenvalue weighted by Gasteiger charge is -2.29.